The highest BCUT2D eigenvalue weighted by atomic mass is 19.4. The Kier molecular flexibility index (Phi) is 3.60. The molecule has 0 radical (unpaired) electrons. The van der Waals surface area contributed by atoms with Gasteiger partial charge in [0, 0.05) is 12.6 Å². The van der Waals surface area contributed by atoms with Crippen LogP contribution in [0.4, 0.5) is 13.2 Å². The first-order valence-electron chi connectivity index (χ1n) is 5.47. The Morgan fingerprint density at radius 3 is 2.00 bits per heavy atom. The van der Waals surface area contributed by atoms with Crippen molar-refractivity contribution >= 4 is 0 Å². The van der Waals surface area contributed by atoms with Crippen molar-refractivity contribution < 1.29 is 17.9 Å². The maximum atomic E-state index is 11.8. The van der Waals surface area contributed by atoms with Crippen molar-refractivity contribution in [2.24, 2.45) is 10.8 Å². The minimum absolute atomic E-state index is 0.0994. The third-order valence-corrected chi connectivity index (χ3v) is 3.88. The van der Waals surface area contributed by atoms with Crippen LogP contribution < -0.4 is 5.32 Å². The van der Waals surface area contributed by atoms with Crippen molar-refractivity contribution in [1.82, 2.24) is 5.32 Å². The molecule has 0 aromatic rings. The summed E-state index contributed by atoms with van der Waals surface area (Å²) in [7, 11) is 0. The van der Waals surface area contributed by atoms with Crippen LogP contribution in [0.25, 0.3) is 0 Å². The first kappa shape index (κ1) is 13.8. The summed E-state index contributed by atoms with van der Waals surface area (Å²) in [6, 6.07) is 0.356. The van der Waals surface area contributed by atoms with Crippen LogP contribution in [0.5, 0.6) is 0 Å². The topological polar surface area (TPSA) is 21.3 Å². The molecule has 0 saturated heterocycles. The van der Waals surface area contributed by atoms with Crippen LogP contribution >= 0.6 is 0 Å². The molecule has 0 spiro atoms. The second kappa shape index (κ2) is 4.18. The summed E-state index contributed by atoms with van der Waals surface area (Å²) < 4.78 is 39.8. The lowest BCUT2D eigenvalue weighted by atomic mass is 10.0. The highest BCUT2D eigenvalue weighted by molar-refractivity contribution is 5.17. The molecule has 1 rings (SSSR count). The molecule has 0 heterocycles. The lowest BCUT2D eigenvalue weighted by molar-refractivity contribution is -0.173. The predicted molar refractivity (Wildman–Crippen MR) is 56.2 cm³/mol. The van der Waals surface area contributed by atoms with Gasteiger partial charge < -0.3 is 10.1 Å². The number of ether oxygens (including phenoxy) is 1. The van der Waals surface area contributed by atoms with E-state index >= 15 is 0 Å². The second-order valence-corrected chi connectivity index (χ2v) is 5.50. The summed E-state index contributed by atoms with van der Waals surface area (Å²) in [5, 5.41) is 3.23. The zero-order chi connectivity index (χ0) is 12.6. The van der Waals surface area contributed by atoms with E-state index in [9.17, 15) is 13.2 Å². The summed E-state index contributed by atoms with van der Waals surface area (Å²) in [6.07, 6.45) is -4.22. The summed E-state index contributed by atoms with van der Waals surface area (Å²) in [4.78, 5) is 0. The van der Waals surface area contributed by atoms with E-state index in [0.717, 1.165) is 0 Å². The Bertz CT molecular complexity index is 234. The fraction of sp³-hybridized carbons (Fsp3) is 1.00. The van der Waals surface area contributed by atoms with Crippen LogP contribution in [0.1, 0.15) is 27.7 Å². The van der Waals surface area contributed by atoms with Gasteiger partial charge in [0.15, 0.2) is 0 Å². The first-order valence-corrected chi connectivity index (χ1v) is 5.47. The van der Waals surface area contributed by atoms with Crippen molar-refractivity contribution in [1.29, 1.82) is 0 Å². The molecule has 2 nitrogen and oxygen atoms in total. The molecule has 1 aliphatic rings. The van der Waals surface area contributed by atoms with Crippen LogP contribution in [-0.2, 0) is 4.74 Å². The number of hydrogen-bond acceptors (Lipinski definition) is 2. The highest BCUT2D eigenvalue weighted by Gasteiger charge is 2.64. The molecule has 5 heteroatoms. The number of alkyl halides is 3. The van der Waals surface area contributed by atoms with E-state index in [2.05, 4.69) is 37.7 Å². The molecule has 16 heavy (non-hydrogen) atoms. The Morgan fingerprint density at radius 1 is 1.12 bits per heavy atom. The maximum absolute atomic E-state index is 11.8. The van der Waals surface area contributed by atoms with Gasteiger partial charge in [-0.15, -0.1) is 0 Å². The molecule has 96 valence electrons. The van der Waals surface area contributed by atoms with E-state index in [1.54, 1.807) is 0 Å². The highest BCUT2D eigenvalue weighted by Crippen LogP contribution is 2.62. The van der Waals surface area contributed by atoms with Gasteiger partial charge in [-0.05, 0) is 10.8 Å². The fourth-order valence-corrected chi connectivity index (χ4v) is 2.17. The Hall–Kier alpha value is -0.290. The van der Waals surface area contributed by atoms with Gasteiger partial charge in [-0.25, -0.2) is 0 Å². The lowest BCUT2D eigenvalue weighted by Crippen LogP contribution is -2.28. The molecule has 0 unspecified atom stereocenters. The SMILES string of the molecule is CC1(C)C(NCCOCC(F)(F)F)C1(C)C. The van der Waals surface area contributed by atoms with Crippen LogP contribution in [0.15, 0.2) is 0 Å². The van der Waals surface area contributed by atoms with Crippen LogP contribution in [0, 0.1) is 10.8 Å². The number of rotatable bonds is 5. The quantitative estimate of drug-likeness (QED) is 0.744. The van der Waals surface area contributed by atoms with E-state index in [0.29, 0.717) is 12.6 Å². The predicted octanol–water partition coefficient (Wildman–Crippen LogP) is 2.59. The monoisotopic (exact) mass is 239 g/mol. The van der Waals surface area contributed by atoms with Gasteiger partial charge in [-0.2, -0.15) is 13.2 Å². The second-order valence-electron chi connectivity index (χ2n) is 5.50. The molecule has 0 aliphatic heterocycles. The maximum Gasteiger partial charge on any atom is 0.411 e. The molecule has 1 N–H and O–H groups in total. The fourth-order valence-electron chi connectivity index (χ4n) is 2.17. The first-order chi connectivity index (χ1) is 7.09. The summed E-state index contributed by atoms with van der Waals surface area (Å²) in [5.74, 6) is 0. The Balaban J connectivity index is 2.10. The van der Waals surface area contributed by atoms with E-state index in [1.165, 1.54) is 0 Å². The summed E-state index contributed by atoms with van der Waals surface area (Å²) >= 11 is 0. The third-order valence-electron chi connectivity index (χ3n) is 3.88. The minimum atomic E-state index is -4.22. The molecule has 1 aliphatic carbocycles. The van der Waals surface area contributed by atoms with E-state index < -0.39 is 12.8 Å². The van der Waals surface area contributed by atoms with Crippen molar-refractivity contribution in [3.8, 4) is 0 Å². The molecule has 1 fully saturated rings. The van der Waals surface area contributed by atoms with Crippen LogP contribution in [-0.4, -0.2) is 32.0 Å². The van der Waals surface area contributed by atoms with Gasteiger partial charge >= 0.3 is 6.18 Å². The molecule has 0 amide bonds. The average Bonchev–Trinajstić information content (AvgIpc) is 2.44. The van der Waals surface area contributed by atoms with Crippen molar-refractivity contribution in [3.63, 3.8) is 0 Å². The van der Waals surface area contributed by atoms with E-state index in [-0.39, 0.29) is 17.4 Å². The minimum Gasteiger partial charge on any atom is -0.371 e. The van der Waals surface area contributed by atoms with Gasteiger partial charge in [-0.1, -0.05) is 27.7 Å². The Labute approximate surface area is 94.5 Å². The molecule has 0 aromatic carbocycles. The number of hydrogen-bond donors (Lipinski definition) is 1. The molecular weight excluding hydrogens is 219 g/mol. The van der Waals surface area contributed by atoms with Crippen LogP contribution in [0.2, 0.25) is 0 Å². The van der Waals surface area contributed by atoms with Crippen molar-refractivity contribution in [2.45, 2.75) is 39.9 Å². The van der Waals surface area contributed by atoms with Crippen LogP contribution in [0.3, 0.4) is 0 Å². The Morgan fingerprint density at radius 2 is 1.62 bits per heavy atom. The lowest BCUT2D eigenvalue weighted by Gasteiger charge is -2.09. The van der Waals surface area contributed by atoms with E-state index in [4.69, 9.17) is 0 Å². The zero-order valence-corrected chi connectivity index (χ0v) is 10.2. The standard InChI is InChI=1S/C11H20F3NO/c1-9(2)8(10(9,3)4)15-5-6-16-7-11(12,13)14/h8,15H,5-7H2,1-4H3. The molecule has 1 saturated carbocycles. The molecule has 0 bridgehead atoms. The van der Waals surface area contributed by atoms with E-state index in [1.807, 2.05) is 0 Å². The van der Waals surface area contributed by atoms with Gasteiger partial charge in [0.05, 0.1) is 6.61 Å². The molecule has 0 aromatic heterocycles. The molecule has 0 atom stereocenters. The third kappa shape index (κ3) is 2.88. The van der Waals surface area contributed by atoms with Crippen molar-refractivity contribution in [2.75, 3.05) is 19.8 Å². The smallest absolute Gasteiger partial charge is 0.371 e. The van der Waals surface area contributed by atoms with Gasteiger partial charge in [-0.3, -0.25) is 0 Å². The normalized spacial score (nSPS) is 23.4. The zero-order valence-electron chi connectivity index (χ0n) is 10.2. The van der Waals surface area contributed by atoms with Gasteiger partial charge in [0.1, 0.15) is 6.61 Å². The van der Waals surface area contributed by atoms with Gasteiger partial charge in [0.2, 0.25) is 0 Å². The van der Waals surface area contributed by atoms with Gasteiger partial charge in [0.25, 0.3) is 0 Å². The average molecular weight is 239 g/mol. The largest absolute Gasteiger partial charge is 0.411 e. The molecular formula is C11H20F3NO. The number of halogens is 3. The van der Waals surface area contributed by atoms with Crippen molar-refractivity contribution in [3.05, 3.63) is 0 Å². The number of nitrogens with one attached hydrogen (secondary N) is 1. The summed E-state index contributed by atoms with van der Waals surface area (Å²) in [5.41, 5.74) is 0.411. The summed E-state index contributed by atoms with van der Waals surface area (Å²) in [6.45, 7) is 8.02.